The standard InChI is InChI=1S/C11H14N2O2/c12-11(14)10-8-13(6-7-15-10)9-4-2-1-3-5-9/h1-5,10H,6-8H2,(H2,12,14). The van der Waals surface area contributed by atoms with Gasteiger partial charge in [-0.25, -0.2) is 0 Å². The van der Waals surface area contributed by atoms with Crippen LogP contribution >= 0.6 is 0 Å². The Hall–Kier alpha value is -1.55. The van der Waals surface area contributed by atoms with Crippen LogP contribution in [0.4, 0.5) is 5.69 Å². The van der Waals surface area contributed by atoms with E-state index in [1.165, 1.54) is 0 Å². The Morgan fingerprint density at radius 3 is 2.80 bits per heavy atom. The second-order valence-electron chi connectivity index (χ2n) is 3.54. The number of benzene rings is 1. The van der Waals surface area contributed by atoms with E-state index < -0.39 is 12.0 Å². The van der Waals surface area contributed by atoms with Crippen LogP contribution in [0, 0.1) is 0 Å². The molecule has 80 valence electrons. The fourth-order valence-corrected chi connectivity index (χ4v) is 1.69. The van der Waals surface area contributed by atoms with E-state index >= 15 is 0 Å². The number of rotatable bonds is 2. The summed E-state index contributed by atoms with van der Waals surface area (Å²) < 4.78 is 5.27. The first-order valence-corrected chi connectivity index (χ1v) is 4.98. The third-order valence-corrected chi connectivity index (χ3v) is 2.51. The van der Waals surface area contributed by atoms with Gasteiger partial charge in [0.1, 0.15) is 0 Å². The van der Waals surface area contributed by atoms with E-state index in [0.717, 1.165) is 12.2 Å². The lowest BCUT2D eigenvalue weighted by Crippen LogP contribution is -2.48. The van der Waals surface area contributed by atoms with Gasteiger partial charge in [-0.05, 0) is 12.1 Å². The van der Waals surface area contributed by atoms with Crippen LogP contribution in [0.2, 0.25) is 0 Å². The largest absolute Gasteiger partial charge is 0.367 e. The summed E-state index contributed by atoms with van der Waals surface area (Å²) in [7, 11) is 0. The fraction of sp³-hybridized carbons (Fsp3) is 0.364. The first kappa shape index (κ1) is 9.98. The first-order valence-electron chi connectivity index (χ1n) is 4.98. The predicted octanol–water partition coefficient (Wildman–Crippen LogP) is 0.377. The van der Waals surface area contributed by atoms with Crippen molar-refractivity contribution in [2.75, 3.05) is 24.6 Å². The zero-order valence-corrected chi connectivity index (χ0v) is 8.43. The number of amides is 1. The van der Waals surface area contributed by atoms with Crippen molar-refractivity contribution in [1.29, 1.82) is 0 Å². The Morgan fingerprint density at radius 2 is 2.13 bits per heavy atom. The summed E-state index contributed by atoms with van der Waals surface area (Å²) in [6.45, 7) is 1.88. The fourth-order valence-electron chi connectivity index (χ4n) is 1.69. The molecule has 1 aliphatic rings. The monoisotopic (exact) mass is 206 g/mol. The molecule has 4 nitrogen and oxygen atoms in total. The molecule has 1 heterocycles. The average molecular weight is 206 g/mol. The van der Waals surface area contributed by atoms with Crippen molar-refractivity contribution in [2.45, 2.75) is 6.10 Å². The molecule has 15 heavy (non-hydrogen) atoms. The van der Waals surface area contributed by atoms with E-state index in [4.69, 9.17) is 10.5 Å². The van der Waals surface area contributed by atoms with Crippen LogP contribution in [0.15, 0.2) is 30.3 Å². The van der Waals surface area contributed by atoms with Crippen molar-refractivity contribution in [3.8, 4) is 0 Å². The molecule has 0 aliphatic carbocycles. The molecule has 1 amide bonds. The summed E-state index contributed by atoms with van der Waals surface area (Å²) in [6.07, 6.45) is -0.487. The minimum Gasteiger partial charge on any atom is -0.367 e. The third-order valence-electron chi connectivity index (χ3n) is 2.51. The molecule has 0 bridgehead atoms. The molecule has 2 N–H and O–H groups in total. The number of carbonyl (C=O) groups excluding carboxylic acids is 1. The van der Waals surface area contributed by atoms with E-state index in [0.29, 0.717) is 13.2 Å². The van der Waals surface area contributed by atoms with Crippen molar-refractivity contribution >= 4 is 11.6 Å². The number of hydrogen-bond acceptors (Lipinski definition) is 3. The third kappa shape index (κ3) is 2.27. The number of morpholine rings is 1. The highest BCUT2D eigenvalue weighted by atomic mass is 16.5. The summed E-state index contributed by atoms with van der Waals surface area (Å²) >= 11 is 0. The summed E-state index contributed by atoms with van der Waals surface area (Å²) in [5.41, 5.74) is 6.32. The lowest BCUT2D eigenvalue weighted by atomic mass is 10.2. The van der Waals surface area contributed by atoms with Gasteiger partial charge in [-0.3, -0.25) is 4.79 Å². The predicted molar refractivity (Wildman–Crippen MR) is 57.6 cm³/mol. The van der Waals surface area contributed by atoms with Crippen molar-refractivity contribution in [3.63, 3.8) is 0 Å². The smallest absolute Gasteiger partial charge is 0.248 e. The zero-order valence-electron chi connectivity index (χ0n) is 8.43. The molecule has 2 rings (SSSR count). The van der Waals surface area contributed by atoms with E-state index in [1.54, 1.807) is 0 Å². The van der Waals surface area contributed by atoms with E-state index in [1.807, 2.05) is 30.3 Å². The number of anilines is 1. The molecule has 1 aromatic rings. The molecule has 1 atom stereocenters. The molecule has 0 radical (unpaired) electrons. The Kier molecular flexibility index (Phi) is 2.87. The van der Waals surface area contributed by atoms with Gasteiger partial charge in [-0.2, -0.15) is 0 Å². The maximum absolute atomic E-state index is 11.0. The van der Waals surface area contributed by atoms with Gasteiger partial charge in [0.25, 0.3) is 0 Å². The molecule has 0 aromatic heterocycles. The van der Waals surface area contributed by atoms with Gasteiger partial charge >= 0.3 is 0 Å². The molecule has 1 unspecified atom stereocenters. The maximum Gasteiger partial charge on any atom is 0.248 e. The number of para-hydroxylation sites is 1. The number of primary amides is 1. The van der Waals surface area contributed by atoms with Crippen molar-refractivity contribution in [1.82, 2.24) is 0 Å². The number of nitrogens with two attached hydrogens (primary N) is 1. The van der Waals surface area contributed by atoms with E-state index in [2.05, 4.69) is 4.90 Å². The highest BCUT2D eigenvalue weighted by Gasteiger charge is 2.24. The number of ether oxygens (including phenoxy) is 1. The van der Waals surface area contributed by atoms with Gasteiger partial charge in [-0.15, -0.1) is 0 Å². The minimum absolute atomic E-state index is 0.393. The van der Waals surface area contributed by atoms with Crippen molar-refractivity contribution in [3.05, 3.63) is 30.3 Å². The Morgan fingerprint density at radius 1 is 1.40 bits per heavy atom. The molecular formula is C11H14N2O2. The van der Waals surface area contributed by atoms with Gasteiger partial charge in [0.15, 0.2) is 6.10 Å². The van der Waals surface area contributed by atoms with E-state index in [9.17, 15) is 4.79 Å². The first-order chi connectivity index (χ1) is 7.27. The number of carbonyl (C=O) groups is 1. The number of hydrogen-bond donors (Lipinski definition) is 1. The quantitative estimate of drug-likeness (QED) is 0.761. The van der Waals surface area contributed by atoms with Gasteiger partial charge in [0.2, 0.25) is 5.91 Å². The average Bonchev–Trinajstić information content (AvgIpc) is 2.30. The SMILES string of the molecule is NC(=O)C1CN(c2ccccc2)CCO1. The Bertz CT molecular complexity index is 340. The summed E-state index contributed by atoms with van der Waals surface area (Å²) in [5.74, 6) is -0.393. The highest BCUT2D eigenvalue weighted by molar-refractivity contribution is 5.79. The van der Waals surface area contributed by atoms with Crippen LogP contribution in [-0.4, -0.2) is 31.7 Å². The topological polar surface area (TPSA) is 55.6 Å². The summed E-state index contributed by atoms with van der Waals surface area (Å²) in [5, 5.41) is 0. The van der Waals surface area contributed by atoms with Crippen LogP contribution in [0.5, 0.6) is 0 Å². The lowest BCUT2D eigenvalue weighted by molar-refractivity contribution is -0.130. The van der Waals surface area contributed by atoms with Crippen LogP contribution in [0.25, 0.3) is 0 Å². The van der Waals surface area contributed by atoms with Gasteiger partial charge in [-0.1, -0.05) is 18.2 Å². The van der Waals surface area contributed by atoms with E-state index in [-0.39, 0.29) is 0 Å². The van der Waals surface area contributed by atoms with Gasteiger partial charge in [0.05, 0.1) is 13.2 Å². The molecule has 0 saturated carbocycles. The van der Waals surface area contributed by atoms with Crippen molar-refractivity contribution in [2.24, 2.45) is 5.73 Å². The normalized spacial score (nSPS) is 21.3. The zero-order chi connectivity index (χ0) is 10.7. The van der Waals surface area contributed by atoms with Crippen molar-refractivity contribution < 1.29 is 9.53 Å². The summed E-state index contributed by atoms with van der Waals surface area (Å²) in [4.78, 5) is 13.1. The molecule has 1 fully saturated rings. The Balaban J connectivity index is 2.08. The molecule has 0 spiro atoms. The minimum atomic E-state index is -0.487. The second kappa shape index (κ2) is 4.31. The van der Waals surface area contributed by atoms with Crippen LogP contribution in [-0.2, 0) is 9.53 Å². The lowest BCUT2D eigenvalue weighted by Gasteiger charge is -2.33. The molecule has 1 aromatic carbocycles. The maximum atomic E-state index is 11.0. The van der Waals surface area contributed by atoms with Gasteiger partial charge < -0.3 is 15.4 Å². The Labute approximate surface area is 88.6 Å². The molecule has 1 saturated heterocycles. The number of nitrogens with zero attached hydrogens (tertiary/aromatic N) is 1. The van der Waals surface area contributed by atoms with Crippen LogP contribution in [0.1, 0.15) is 0 Å². The molecule has 4 heteroatoms. The summed E-state index contributed by atoms with van der Waals surface area (Å²) in [6, 6.07) is 9.95. The van der Waals surface area contributed by atoms with Crippen LogP contribution in [0.3, 0.4) is 0 Å². The second-order valence-corrected chi connectivity index (χ2v) is 3.54. The molecular weight excluding hydrogens is 192 g/mol. The highest BCUT2D eigenvalue weighted by Crippen LogP contribution is 2.16. The van der Waals surface area contributed by atoms with Gasteiger partial charge in [0, 0.05) is 12.2 Å². The van der Waals surface area contributed by atoms with Crippen LogP contribution < -0.4 is 10.6 Å². The molecule has 1 aliphatic heterocycles.